The van der Waals surface area contributed by atoms with E-state index < -0.39 is 0 Å². The molecule has 2 aromatic heterocycles. The molecule has 18 heavy (non-hydrogen) atoms. The highest BCUT2D eigenvalue weighted by Crippen LogP contribution is 2.25. The summed E-state index contributed by atoms with van der Waals surface area (Å²) < 4.78 is 1.90. The normalized spacial score (nSPS) is 16.9. The molecule has 7 heteroatoms. The van der Waals surface area contributed by atoms with Gasteiger partial charge in [-0.25, -0.2) is 4.98 Å². The molecule has 0 bridgehead atoms. The molecule has 3 rings (SSSR count). The summed E-state index contributed by atoms with van der Waals surface area (Å²) in [6, 6.07) is 0. The van der Waals surface area contributed by atoms with E-state index in [9.17, 15) is 9.90 Å². The lowest BCUT2D eigenvalue weighted by Crippen LogP contribution is -2.29. The predicted molar refractivity (Wildman–Crippen MR) is 68.8 cm³/mol. The van der Waals surface area contributed by atoms with Crippen molar-refractivity contribution in [2.75, 3.05) is 24.5 Å². The third-order valence-corrected chi connectivity index (χ3v) is 3.86. The van der Waals surface area contributed by atoms with Gasteiger partial charge in [0.2, 0.25) is 5.91 Å². The van der Waals surface area contributed by atoms with E-state index in [1.165, 1.54) is 11.3 Å². The Morgan fingerprint density at radius 1 is 1.50 bits per heavy atom. The summed E-state index contributed by atoms with van der Waals surface area (Å²) in [6.45, 7) is 1.94. The highest BCUT2D eigenvalue weighted by atomic mass is 32.1. The number of imidazole rings is 1. The number of thiazole rings is 1. The van der Waals surface area contributed by atoms with Gasteiger partial charge < -0.3 is 15.3 Å². The first-order chi connectivity index (χ1) is 8.79. The van der Waals surface area contributed by atoms with Crippen LogP contribution < -0.4 is 10.2 Å². The third kappa shape index (κ3) is 1.85. The molecule has 0 spiro atoms. The number of aliphatic hydroxyl groups excluding tert-OH is 1. The molecule has 0 aliphatic carbocycles. The van der Waals surface area contributed by atoms with Crippen molar-refractivity contribution in [3.05, 3.63) is 17.3 Å². The first kappa shape index (κ1) is 11.5. The van der Waals surface area contributed by atoms with E-state index >= 15 is 0 Å². The molecule has 6 nitrogen and oxygen atoms in total. The summed E-state index contributed by atoms with van der Waals surface area (Å²) in [5.74, 6) is 0.866. The minimum absolute atomic E-state index is 0.0505. The van der Waals surface area contributed by atoms with Crippen molar-refractivity contribution < 1.29 is 9.90 Å². The first-order valence-electron chi connectivity index (χ1n) is 5.86. The van der Waals surface area contributed by atoms with E-state index in [-0.39, 0.29) is 12.5 Å². The fourth-order valence-corrected chi connectivity index (χ4v) is 2.93. The Kier molecular flexibility index (Phi) is 2.92. The van der Waals surface area contributed by atoms with Gasteiger partial charge in [0.1, 0.15) is 0 Å². The molecule has 1 fully saturated rings. The van der Waals surface area contributed by atoms with Gasteiger partial charge in [-0.15, -0.1) is 11.3 Å². The molecule has 0 unspecified atom stereocenters. The van der Waals surface area contributed by atoms with E-state index in [0.717, 1.165) is 23.0 Å². The molecular weight excluding hydrogens is 252 g/mol. The lowest BCUT2D eigenvalue weighted by atomic mass is 10.3. The fourth-order valence-electron chi connectivity index (χ4n) is 2.20. The van der Waals surface area contributed by atoms with Crippen molar-refractivity contribution in [3.8, 4) is 0 Å². The summed E-state index contributed by atoms with van der Waals surface area (Å²) in [4.78, 5) is 18.8. The minimum atomic E-state index is -0.0505. The summed E-state index contributed by atoms with van der Waals surface area (Å²) in [5, 5.41) is 14.3. The van der Waals surface area contributed by atoms with Crippen molar-refractivity contribution in [1.82, 2.24) is 14.7 Å². The van der Waals surface area contributed by atoms with Crippen molar-refractivity contribution in [2.45, 2.75) is 13.0 Å². The van der Waals surface area contributed by atoms with Crippen molar-refractivity contribution in [2.24, 2.45) is 0 Å². The van der Waals surface area contributed by atoms with Crippen LogP contribution in [0.25, 0.3) is 4.96 Å². The number of nitrogens with one attached hydrogen (secondary N) is 1. The number of aliphatic hydroxyl groups is 1. The van der Waals surface area contributed by atoms with Crippen LogP contribution in [0.1, 0.15) is 12.1 Å². The number of nitrogens with zero attached hydrogens (tertiary/aromatic N) is 3. The molecule has 96 valence electrons. The second-order valence-corrected chi connectivity index (χ2v) is 5.06. The van der Waals surface area contributed by atoms with Gasteiger partial charge in [-0.05, 0) is 0 Å². The van der Waals surface area contributed by atoms with E-state index in [4.69, 9.17) is 0 Å². The van der Waals surface area contributed by atoms with Crippen LogP contribution in [0.2, 0.25) is 0 Å². The maximum atomic E-state index is 11.3. The van der Waals surface area contributed by atoms with Gasteiger partial charge in [-0.1, -0.05) is 0 Å². The molecule has 3 heterocycles. The van der Waals surface area contributed by atoms with Crippen LogP contribution in [0.15, 0.2) is 11.6 Å². The summed E-state index contributed by atoms with van der Waals surface area (Å²) in [6.07, 6.45) is 2.37. The zero-order chi connectivity index (χ0) is 12.5. The minimum Gasteiger partial charge on any atom is -0.390 e. The Labute approximate surface area is 108 Å². The zero-order valence-corrected chi connectivity index (χ0v) is 10.6. The summed E-state index contributed by atoms with van der Waals surface area (Å²) in [7, 11) is 0. The Hall–Kier alpha value is -1.60. The molecule has 1 aliphatic rings. The zero-order valence-electron chi connectivity index (χ0n) is 9.80. The lowest BCUT2D eigenvalue weighted by molar-refractivity contribution is -0.120. The fraction of sp³-hybridized carbons (Fsp3) is 0.455. The van der Waals surface area contributed by atoms with Gasteiger partial charge in [0.05, 0.1) is 12.3 Å². The van der Waals surface area contributed by atoms with Crippen molar-refractivity contribution in [1.29, 1.82) is 0 Å². The van der Waals surface area contributed by atoms with Gasteiger partial charge >= 0.3 is 0 Å². The standard InChI is InChI=1S/C11H14N4O2S/c16-7-8-10(13-11-15(8)5-6-18-11)14-3-1-9(17)12-2-4-14/h5-6,16H,1-4,7H2,(H,12,17). The Balaban J connectivity index is 1.97. The van der Waals surface area contributed by atoms with Gasteiger partial charge in [0, 0.05) is 37.6 Å². The number of carbonyl (C=O) groups is 1. The SMILES string of the molecule is O=C1CCN(c2nc3sccn3c2CO)CCN1. The lowest BCUT2D eigenvalue weighted by Gasteiger charge is -2.20. The van der Waals surface area contributed by atoms with E-state index in [1.807, 2.05) is 16.0 Å². The number of fused-ring (bicyclic) bond motifs is 1. The maximum absolute atomic E-state index is 11.3. The monoisotopic (exact) mass is 266 g/mol. The molecule has 0 saturated carbocycles. The second-order valence-electron chi connectivity index (χ2n) is 4.18. The molecular formula is C11H14N4O2S. The molecule has 1 amide bonds. The number of carbonyl (C=O) groups excluding carboxylic acids is 1. The van der Waals surface area contributed by atoms with Crippen LogP contribution in [0, 0.1) is 0 Å². The first-order valence-corrected chi connectivity index (χ1v) is 6.74. The van der Waals surface area contributed by atoms with Gasteiger partial charge in [-0.2, -0.15) is 0 Å². The Bertz CT molecular complexity index is 577. The highest BCUT2D eigenvalue weighted by Gasteiger charge is 2.21. The molecule has 0 atom stereocenters. The Morgan fingerprint density at radius 2 is 2.39 bits per heavy atom. The predicted octanol–water partition coefficient (Wildman–Crippen LogP) is 0.214. The number of anilines is 1. The Morgan fingerprint density at radius 3 is 3.22 bits per heavy atom. The molecule has 2 aromatic rings. The largest absolute Gasteiger partial charge is 0.390 e. The maximum Gasteiger partial charge on any atom is 0.221 e. The van der Waals surface area contributed by atoms with E-state index in [2.05, 4.69) is 15.2 Å². The van der Waals surface area contributed by atoms with E-state index in [1.54, 1.807) is 0 Å². The third-order valence-electron chi connectivity index (χ3n) is 3.10. The molecule has 2 N–H and O–H groups in total. The van der Waals surface area contributed by atoms with Crippen molar-refractivity contribution >= 4 is 28.0 Å². The van der Waals surface area contributed by atoms with Crippen LogP contribution in [0.4, 0.5) is 5.82 Å². The van der Waals surface area contributed by atoms with Crippen molar-refractivity contribution in [3.63, 3.8) is 0 Å². The van der Waals surface area contributed by atoms with Gasteiger partial charge in [0.15, 0.2) is 10.8 Å². The van der Waals surface area contributed by atoms with Gasteiger partial charge in [-0.3, -0.25) is 9.20 Å². The topological polar surface area (TPSA) is 69.9 Å². The number of hydrogen-bond donors (Lipinski definition) is 2. The van der Waals surface area contributed by atoms with E-state index in [0.29, 0.717) is 19.5 Å². The second kappa shape index (κ2) is 4.58. The number of aromatic nitrogens is 2. The summed E-state index contributed by atoms with van der Waals surface area (Å²) >= 11 is 1.54. The number of hydrogen-bond acceptors (Lipinski definition) is 5. The summed E-state index contributed by atoms with van der Waals surface area (Å²) in [5.41, 5.74) is 0.792. The van der Waals surface area contributed by atoms with Crippen LogP contribution >= 0.6 is 11.3 Å². The molecule has 1 aliphatic heterocycles. The molecule has 1 saturated heterocycles. The van der Waals surface area contributed by atoms with Crippen LogP contribution in [-0.2, 0) is 11.4 Å². The molecule has 0 aromatic carbocycles. The average molecular weight is 266 g/mol. The van der Waals surface area contributed by atoms with Gasteiger partial charge in [0.25, 0.3) is 0 Å². The van der Waals surface area contributed by atoms with Crippen LogP contribution in [0.3, 0.4) is 0 Å². The average Bonchev–Trinajstić information content (AvgIpc) is 2.86. The highest BCUT2D eigenvalue weighted by molar-refractivity contribution is 7.15. The molecule has 0 radical (unpaired) electrons. The number of rotatable bonds is 2. The number of amides is 1. The quantitative estimate of drug-likeness (QED) is 0.815. The smallest absolute Gasteiger partial charge is 0.221 e. The van der Waals surface area contributed by atoms with Crippen LogP contribution in [0.5, 0.6) is 0 Å². The van der Waals surface area contributed by atoms with Crippen LogP contribution in [-0.4, -0.2) is 40.0 Å².